The molecule has 8 heteroatoms. The molecule has 3 aromatic carbocycles. The maximum atomic E-state index is 14.4. The maximum absolute atomic E-state index is 14.4. The summed E-state index contributed by atoms with van der Waals surface area (Å²) in [5, 5.41) is 11.7. The van der Waals surface area contributed by atoms with Gasteiger partial charge in [0.15, 0.2) is 11.0 Å². The SMILES string of the molecule is O=C(CSc1nnc(-c2ccccc2F)n1-c1ccccc1)NCc1ccc(F)cc1. The fraction of sp³-hybridized carbons (Fsp3) is 0.0870. The Balaban J connectivity index is 1.52. The summed E-state index contributed by atoms with van der Waals surface area (Å²) in [4.78, 5) is 12.3. The number of para-hydroxylation sites is 1. The van der Waals surface area contributed by atoms with E-state index in [0.717, 1.165) is 11.3 Å². The summed E-state index contributed by atoms with van der Waals surface area (Å²) < 4.78 is 29.1. The molecule has 0 atom stereocenters. The van der Waals surface area contributed by atoms with E-state index in [1.165, 1.54) is 30.0 Å². The van der Waals surface area contributed by atoms with Gasteiger partial charge in [-0.25, -0.2) is 8.78 Å². The highest BCUT2D eigenvalue weighted by Gasteiger charge is 2.19. The Bertz CT molecular complexity index is 1180. The monoisotopic (exact) mass is 436 g/mol. The average Bonchev–Trinajstić information content (AvgIpc) is 3.22. The minimum atomic E-state index is -0.402. The molecule has 0 saturated heterocycles. The molecule has 0 fully saturated rings. The van der Waals surface area contributed by atoms with Crippen LogP contribution in [0.15, 0.2) is 84.0 Å². The number of halogens is 2. The Labute approximate surface area is 182 Å². The van der Waals surface area contributed by atoms with Crippen LogP contribution in [0.5, 0.6) is 0 Å². The lowest BCUT2D eigenvalue weighted by Crippen LogP contribution is -2.24. The van der Waals surface area contributed by atoms with Gasteiger partial charge in [-0.15, -0.1) is 10.2 Å². The molecule has 0 bridgehead atoms. The molecule has 31 heavy (non-hydrogen) atoms. The summed E-state index contributed by atoms with van der Waals surface area (Å²) in [5.74, 6) is -0.469. The summed E-state index contributed by atoms with van der Waals surface area (Å²) in [7, 11) is 0. The number of carbonyl (C=O) groups is 1. The number of hydrogen-bond donors (Lipinski definition) is 1. The van der Waals surface area contributed by atoms with E-state index in [0.29, 0.717) is 23.1 Å². The van der Waals surface area contributed by atoms with Gasteiger partial charge in [0.05, 0.1) is 11.3 Å². The minimum absolute atomic E-state index is 0.101. The fourth-order valence-electron chi connectivity index (χ4n) is 2.97. The number of hydrogen-bond acceptors (Lipinski definition) is 4. The lowest BCUT2D eigenvalue weighted by molar-refractivity contribution is -0.118. The number of rotatable bonds is 7. The van der Waals surface area contributed by atoms with Gasteiger partial charge in [-0.05, 0) is 42.0 Å². The van der Waals surface area contributed by atoms with Crippen LogP contribution < -0.4 is 5.32 Å². The zero-order valence-electron chi connectivity index (χ0n) is 16.3. The summed E-state index contributed by atoms with van der Waals surface area (Å²) in [6.45, 7) is 0.297. The zero-order valence-corrected chi connectivity index (χ0v) is 17.2. The highest BCUT2D eigenvalue weighted by atomic mass is 32.2. The first-order chi connectivity index (χ1) is 15.1. The van der Waals surface area contributed by atoms with E-state index in [1.807, 2.05) is 30.3 Å². The zero-order chi connectivity index (χ0) is 21.6. The van der Waals surface area contributed by atoms with Gasteiger partial charge in [-0.1, -0.05) is 54.2 Å². The van der Waals surface area contributed by atoms with Crippen molar-refractivity contribution in [2.75, 3.05) is 5.75 Å². The largest absolute Gasteiger partial charge is 0.351 e. The first-order valence-electron chi connectivity index (χ1n) is 9.51. The van der Waals surface area contributed by atoms with Gasteiger partial charge in [0.25, 0.3) is 0 Å². The van der Waals surface area contributed by atoms with Gasteiger partial charge < -0.3 is 5.32 Å². The van der Waals surface area contributed by atoms with E-state index in [1.54, 1.807) is 34.9 Å². The van der Waals surface area contributed by atoms with E-state index >= 15 is 0 Å². The fourth-order valence-corrected chi connectivity index (χ4v) is 3.76. The van der Waals surface area contributed by atoms with E-state index < -0.39 is 5.82 Å². The maximum Gasteiger partial charge on any atom is 0.230 e. The summed E-state index contributed by atoms with van der Waals surface area (Å²) in [5.41, 5.74) is 1.89. The van der Waals surface area contributed by atoms with E-state index in [9.17, 15) is 13.6 Å². The molecule has 0 aliphatic rings. The number of thioether (sulfide) groups is 1. The molecule has 1 heterocycles. The molecular formula is C23H18F2N4OS. The Hall–Kier alpha value is -3.52. The number of nitrogens with zero attached hydrogens (tertiary/aromatic N) is 3. The van der Waals surface area contributed by atoms with Gasteiger partial charge in [-0.3, -0.25) is 9.36 Å². The molecule has 0 saturated carbocycles. The highest BCUT2D eigenvalue weighted by Crippen LogP contribution is 2.29. The average molecular weight is 436 g/mol. The van der Waals surface area contributed by atoms with Crippen molar-refractivity contribution >= 4 is 17.7 Å². The topological polar surface area (TPSA) is 59.8 Å². The Morgan fingerprint density at radius 2 is 1.61 bits per heavy atom. The third kappa shape index (κ3) is 4.97. The van der Waals surface area contributed by atoms with Crippen molar-refractivity contribution < 1.29 is 13.6 Å². The predicted octanol–water partition coefficient (Wildman–Crippen LogP) is 4.62. The molecule has 0 radical (unpaired) electrons. The first-order valence-corrected chi connectivity index (χ1v) is 10.5. The van der Waals surface area contributed by atoms with Crippen LogP contribution in [0, 0.1) is 11.6 Å². The number of nitrogens with one attached hydrogen (secondary N) is 1. The van der Waals surface area contributed by atoms with Crippen LogP contribution in [0.1, 0.15) is 5.56 Å². The predicted molar refractivity (Wildman–Crippen MR) is 116 cm³/mol. The second kappa shape index (κ2) is 9.53. The van der Waals surface area contributed by atoms with Crippen LogP contribution in [-0.4, -0.2) is 26.4 Å². The first kappa shape index (κ1) is 20.7. The van der Waals surface area contributed by atoms with Crippen molar-refractivity contribution in [3.8, 4) is 17.1 Å². The molecular weight excluding hydrogens is 418 g/mol. The molecule has 1 aromatic heterocycles. The second-order valence-electron chi connectivity index (χ2n) is 6.65. The van der Waals surface area contributed by atoms with Crippen LogP contribution in [0.2, 0.25) is 0 Å². The summed E-state index contributed by atoms with van der Waals surface area (Å²) in [6, 6.07) is 21.6. The van der Waals surface area contributed by atoms with Crippen LogP contribution in [-0.2, 0) is 11.3 Å². The van der Waals surface area contributed by atoms with E-state index in [4.69, 9.17) is 0 Å². The number of benzene rings is 3. The number of amides is 1. The Morgan fingerprint density at radius 3 is 2.35 bits per heavy atom. The van der Waals surface area contributed by atoms with Gasteiger partial charge >= 0.3 is 0 Å². The van der Waals surface area contributed by atoms with E-state index in [2.05, 4.69) is 15.5 Å². The second-order valence-corrected chi connectivity index (χ2v) is 7.59. The Kier molecular flexibility index (Phi) is 6.37. The third-order valence-electron chi connectivity index (χ3n) is 4.50. The van der Waals surface area contributed by atoms with E-state index in [-0.39, 0.29) is 17.5 Å². The van der Waals surface area contributed by atoms with Crippen molar-refractivity contribution in [1.29, 1.82) is 0 Å². The smallest absolute Gasteiger partial charge is 0.230 e. The van der Waals surface area contributed by atoms with Gasteiger partial charge in [0.1, 0.15) is 11.6 Å². The summed E-state index contributed by atoms with van der Waals surface area (Å²) >= 11 is 1.20. The molecule has 5 nitrogen and oxygen atoms in total. The number of aromatic nitrogens is 3. The summed E-state index contributed by atoms with van der Waals surface area (Å²) in [6.07, 6.45) is 0. The lowest BCUT2D eigenvalue weighted by Gasteiger charge is -2.11. The van der Waals surface area contributed by atoms with Crippen molar-refractivity contribution in [3.05, 3.63) is 96.1 Å². The molecule has 4 rings (SSSR count). The molecule has 0 aliphatic carbocycles. The van der Waals surface area contributed by atoms with Crippen LogP contribution in [0.25, 0.3) is 17.1 Å². The molecule has 0 spiro atoms. The molecule has 4 aromatic rings. The molecule has 1 N–H and O–H groups in total. The quantitative estimate of drug-likeness (QED) is 0.430. The van der Waals surface area contributed by atoms with Crippen molar-refractivity contribution in [2.45, 2.75) is 11.7 Å². The Morgan fingerprint density at radius 1 is 0.903 bits per heavy atom. The van der Waals surface area contributed by atoms with Crippen molar-refractivity contribution in [3.63, 3.8) is 0 Å². The van der Waals surface area contributed by atoms with Crippen molar-refractivity contribution in [1.82, 2.24) is 20.1 Å². The lowest BCUT2D eigenvalue weighted by atomic mass is 10.2. The highest BCUT2D eigenvalue weighted by molar-refractivity contribution is 7.99. The van der Waals surface area contributed by atoms with Crippen LogP contribution >= 0.6 is 11.8 Å². The van der Waals surface area contributed by atoms with Gasteiger partial charge in [0.2, 0.25) is 5.91 Å². The minimum Gasteiger partial charge on any atom is -0.351 e. The van der Waals surface area contributed by atoms with Crippen molar-refractivity contribution in [2.24, 2.45) is 0 Å². The standard InChI is InChI=1S/C23H18F2N4OS/c24-17-12-10-16(11-13-17)14-26-21(30)15-31-23-28-27-22(19-8-4-5-9-20(19)25)29(23)18-6-2-1-3-7-18/h1-13H,14-15H2,(H,26,30). The van der Waals surface area contributed by atoms with Crippen LogP contribution in [0.4, 0.5) is 8.78 Å². The molecule has 0 unspecified atom stereocenters. The normalized spacial score (nSPS) is 10.8. The molecule has 0 aliphatic heterocycles. The van der Waals surface area contributed by atoms with Crippen LogP contribution in [0.3, 0.4) is 0 Å². The number of carbonyl (C=O) groups excluding carboxylic acids is 1. The molecule has 1 amide bonds. The molecule has 156 valence electrons. The third-order valence-corrected chi connectivity index (χ3v) is 5.43. The van der Waals surface area contributed by atoms with Gasteiger partial charge in [0, 0.05) is 12.2 Å². The van der Waals surface area contributed by atoms with Gasteiger partial charge in [-0.2, -0.15) is 0 Å².